The average molecular weight is 230 g/mol. The van der Waals surface area contributed by atoms with Gasteiger partial charge in [0.05, 0.1) is 11.5 Å². The highest BCUT2D eigenvalue weighted by molar-refractivity contribution is 7.91. The zero-order valence-electron chi connectivity index (χ0n) is 8.78. The summed E-state index contributed by atoms with van der Waals surface area (Å²) in [5.41, 5.74) is 2.71. The van der Waals surface area contributed by atoms with Gasteiger partial charge in [0.1, 0.15) is 0 Å². The third-order valence-electron chi connectivity index (χ3n) is 2.89. The van der Waals surface area contributed by atoms with Crippen LogP contribution in [0, 0.1) is 18.3 Å². The van der Waals surface area contributed by atoms with Crippen LogP contribution in [0.15, 0.2) is 0 Å². The van der Waals surface area contributed by atoms with Crippen molar-refractivity contribution >= 4 is 9.84 Å². The Hall–Kier alpha value is -0.570. The summed E-state index contributed by atoms with van der Waals surface area (Å²) in [5.74, 6) is 8.70. The molecule has 0 aromatic rings. The lowest BCUT2D eigenvalue weighted by Gasteiger charge is -2.20. The second-order valence-corrected chi connectivity index (χ2v) is 6.26. The highest BCUT2D eigenvalue weighted by atomic mass is 32.2. The Morgan fingerprint density at radius 2 is 2.33 bits per heavy atom. The molecule has 1 aliphatic heterocycles. The molecular weight excluding hydrogens is 212 g/mol. The molecule has 4 nitrogen and oxygen atoms in total. The predicted octanol–water partition coefficient (Wildman–Crippen LogP) is 0.0565. The Morgan fingerprint density at radius 3 is 2.80 bits per heavy atom. The molecule has 1 aliphatic rings. The van der Waals surface area contributed by atoms with E-state index in [1.807, 2.05) is 0 Å². The van der Waals surface area contributed by atoms with Gasteiger partial charge in [-0.3, -0.25) is 11.3 Å². The Morgan fingerprint density at radius 1 is 1.60 bits per heavy atom. The van der Waals surface area contributed by atoms with E-state index in [4.69, 9.17) is 12.3 Å². The van der Waals surface area contributed by atoms with Gasteiger partial charge >= 0.3 is 0 Å². The van der Waals surface area contributed by atoms with E-state index >= 15 is 0 Å². The second kappa shape index (κ2) is 5.50. The van der Waals surface area contributed by atoms with Crippen LogP contribution in [0.5, 0.6) is 0 Å². The SMILES string of the molecule is C#CCCCC(NN)C1CCS(=O)(=O)C1. The molecule has 0 amide bonds. The van der Waals surface area contributed by atoms with Crippen molar-refractivity contribution in [3.05, 3.63) is 0 Å². The van der Waals surface area contributed by atoms with Crippen molar-refractivity contribution in [2.45, 2.75) is 31.7 Å². The maximum atomic E-state index is 11.3. The number of unbranched alkanes of at least 4 members (excludes halogenated alkanes) is 1. The molecule has 0 bridgehead atoms. The fourth-order valence-electron chi connectivity index (χ4n) is 2.02. The van der Waals surface area contributed by atoms with Gasteiger partial charge in [-0.1, -0.05) is 0 Å². The van der Waals surface area contributed by atoms with E-state index < -0.39 is 9.84 Å². The van der Waals surface area contributed by atoms with E-state index in [9.17, 15) is 8.42 Å². The zero-order chi connectivity index (χ0) is 11.3. The van der Waals surface area contributed by atoms with Gasteiger partial charge in [0.25, 0.3) is 0 Å². The van der Waals surface area contributed by atoms with Crippen LogP contribution >= 0.6 is 0 Å². The molecule has 0 spiro atoms. The molecule has 86 valence electrons. The first-order valence-electron chi connectivity index (χ1n) is 5.19. The molecule has 0 aromatic heterocycles. The maximum absolute atomic E-state index is 11.3. The van der Waals surface area contributed by atoms with Crippen LogP contribution in [0.1, 0.15) is 25.7 Å². The summed E-state index contributed by atoms with van der Waals surface area (Å²) >= 11 is 0. The molecule has 2 atom stereocenters. The van der Waals surface area contributed by atoms with Crippen LogP contribution in [-0.4, -0.2) is 26.0 Å². The van der Waals surface area contributed by atoms with E-state index in [1.54, 1.807) is 0 Å². The van der Waals surface area contributed by atoms with Crippen molar-refractivity contribution in [1.29, 1.82) is 0 Å². The van der Waals surface area contributed by atoms with Crippen LogP contribution in [0.3, 0.4) is 0 Å². The molecule has 0 aromatic carbocycles. The molecule has 3 N–H and O–H groups in total. The summed E-state index contributed by atoms with van der Waals surface area (Å²) in [7, 11) is -2.82. The third kappa shape index (κ3) is 3.82. The molecule has 1 saturated heterocycles. The van der Waals surface area contributed by atoms with Gasteiger partial charge in [-0.2, -0.15) is 0 Å². The lowest BCUT2D eigenvalue weighted by Crippen LogP contribution is -2.41. The number of hydrogen-bond donors (Lipinski definition) is 2. The highest BCUT2D eigenvalue weighted by Gasteiger charge is 2.32. The molecule has 0 aliphatic carbocycles. The Balaban J connectivity index is 2.43. The van der Waals surface area contributed by atoms with Crippen molar-refractivity contribution < 1.29 is 8.42 Å². The summed E-state index contributed by atoms with van der Waals surface area (Å²) in [6, 6.07) is 0.0793. The summed E-state index contributed by atoms with van der Waals surface area (Å²) in [4.78, 5) is 0. The smallest absolute Gasteiger partial charge is 0.150 e. The number of sulfone groups is 1. The normalized spacial score (nSPS) is 26.0. The zero-order valence-corrected chi connectivity index (χ0v) is 9.59. The minimum absolute atomic E-state index is 0.0793. The average Bonchev–Trinajstić information content (AvgIpc) is 2.54. The lowest BCUT2D eigenvalue weighted by molar-refractivity contribution is 0.361. The number of hydrogen-bond acceptors (Lipinski definition) is 4. The van der Waals surface area contributed by atoms with Gasteiger partial charge in [-0.05, 0) is 25.2 Å². The van der Waals surface area contributed by atoms with Gasteiger partial charge < -0.3 is 0 Å². The van der Waals surface area contributed by atoms with Crippen molar-refractivity contribution in [1.82, 2.24) is 5.43 Å². The van der Waals surface area contributed by atoms with Gasteiger partial charge in [-0.15, -0.1) is 12.3 Å². The lowest BCUT2D eigenvalue weighted by atomic mass is 9.95. The van der Waals surface area contributed by atoms with Crippen molar-refractivity contribution in [3.63, 3.8) is 0 Å². The minimum atomic E-state index is -2.82. The fourth-order valence-corrected chi connectivity index (χ4v) is 3.90. The number of nitrogens with one attached hydrogen (secondary N) is 1. The quantitative estimate of drug-likeness (QED) is 0.303. The number of rotatable bonds is 5. The standard InChI is InChI=1S/C10H18N2O2S/c1-2-3-4-5-10(12-11)9-6-7-15(13,14)8-9/h1,9-10,12H,3-8,11H2. The molecule has 15 heavy (non-hydrogen) atoms. The first kappa shape index (κ1) is 12.5. The summed E-state index contributed by atoms with van der Waals surface area (Å²) in [6.45, 7) is 0. The van der Waals surface area contributed by atoms with Crippen LogP contribution < -0.4 is 11.3 Å². The largest absolute Gasteiger partial charge is 0.271 e. The highest BCUT2D eigenvalue weighted by Crippen LogP contribution is 2.24. The van der Waals surface area contributed by atoms with E-state index in [-0.39, 0.29) is 17.7 Å². The summed E-state index contributed by atoms with van der Waals surface area (Å²) < 4.78 is 22.6. The first-order valence-corrected chi connectivity index (χ1v) is 7.01. The number of hydrazine groups is 1. The van der Waals surface area contributed by atoms with Crippen LogP contribution in [0.4, 0.5) is 0 Å². The molecule has 0 saturated carbocycles. The van der Waals surface area contributed by atoms with E-state index in [2.05, 4.69) is 11.3 Å². The van der Waals surface area contributed by atoms with Gasteiger partial charge in [0.15, 0.2) is 9.84 Å². The van der Waals surface area contributed by atoms with Gasteiger partial charge in [0.2, 0.25) is 0 Å². The molecule has 2 unspecified atom stereocenters. The number of nitrogens with two attached hydrogens (primary N) is 1. The van der Waals surface area contributed by atoms with Crippen molar-refractivity contribution in [2.75, 3.05) is 11.5 Å². The maximum Gasteiger partial charge on any atom is 0.150 e. The topological polar surface area (TPSA) is 72.2 Å². The van der Waals surface area contributed by atoms with Crippen molar-refractivity contribution in [2.24, 2.45) is 11.8 Å². The minimum Gasteiger partial charge on any atom is -0.271 e. The summed E-state index contributed by atoms with van der Waals surface area (Å²) in [6.07, 6.45) is 8.33. The molecule has 0 radical (unpaired) electrons. The van der Waals surface area contributed by atoms with Crippen LogP contribution in [0.25, 0.3) is 0 Å². The second-order valence-electron chi connectivity index (χ2n) is 4.03. The third-order valence-corrected chi connectivity index (χ3v) is 4.68. The number of terminal acetylenes is 1. The van der Waals surface area contributed by atoms with E-state index in [1.165, 1.54) is 0 Å². The Labute approximate surface area is 91.5 Å². The van der Waals surface area contributed by atoms with E-state index in [0.29, 0.717) is 12.2 Å². The predicted molar refractivity (Wildman–Crippen MR) is 60.6 cm³/mol. The molecule has 1 heterocycles. The fraction of sp³-hybridized carbons (Fsp3) is 0.800. The van der Waals surface area contributed by atoms with E-state index in [0.717, 1.165) is 19.3 Å². The van der Waals surface area contributed by atoms with Crippen molar-refractivity contribution in [3.8, 4) is 12.3 Å². The Bertz CT molecular complexity index is 332. The Kier molecular flexibility index (Phi) is 4.58. The molecule has 1 rings (SSSR count). The monoisotopic (exact) mass is 230 g/mol. The molecule has 5 heteroatoms. The molecule has 1 fully saturated rings. The molecular formula is C10H18N2O2S. The van der Waals surface area contributed by atoms with Crippen LogP contribution in [0.2, 0.25) is 0 Å². The summed E-state index contributed by atoms with van der Waals surface area (Å²) in [5, 5.41) is 0. The van der Waals surface area contributed by atoms with Gasteiger partial charge in [-0.25, -0.2) is 8.42 Å². The first-order chi connectivity index (χ1) is 7.09. The van der Waals surface area contributed by atoms with Crippen LogP contribution in [-0.2, 0) is 9.84 Å². The van der Waals surface area contributed by atoms with Gasteiger partial charge in [0, 0.05) is 12.5 Å².